The summed E-state index contributed by atoms with van der Waals surface area (Å²) in [5.41, 5.74) is 8.71. The summed E-state index contributed by atoms with van der Waals surface area (Å²) in [7, 11) is 0. The summed E-state index contributed by atoms with van der Waals surface area (Å²) in [5.74, 6) is 0. The molecule has 1 aromatic carbocycles. The van der Waals surface area contributed by atoms with Crippen molar-refractivity contribution in [1.29, 1.82) is 0 Å². The molecule has 0 unspecified atom stereocenters. The SMILES string of the molecule is Nc1ccnc(Cc2ccccc2)c1. The van der Waals surface area contributed by atoms with Crippen molar-refractivity contribution in [3.05, 3.63) is 59.9 Å². The molecule has 2 aromatic rings. The van der Waals surface area contributed by atoms with Crippen molar-refractivity contribution in [1.82, 2.24) is 4.98 Å². The average molecular weight is 184 g/mol. The van der Waals surface area contributed by atoms with Crippen LogP contribution in [0.3, 0.4) is 0 Å². The Morgan fingerprint density at radius 2 is 1.86 bits per heavy atom. The topological polar surface area (TPSA) is 38.9 Å². The fourth-order valence-corrected chi connectivity index (χ4v) is 1.40. The second-order valence-corrected chi connectivity index (χ2v) is 3.24. The van der Waals surface area contributed by atoms with Crippen molar-refractivity contribution in [2.24, 2.45) is 0 Å². The molecular formula is C12H12N2. The fraction of sp³-hybridized carbons (Fsp3) is 0.0833. The third-order valence-corrected chi connectivity index (χ3v) is 2.07. The van der Waals surface area contributed by atoms with Gasteiger partial charge in [0, 0.05) is 24.0 Å². The van der Waals surface area contributed by atoms with Gasteiger partial charge >= 0.3 is 0 Å². The van der Waals surface area contributed by atoms with Crippen molar-refractivity contribution in [3.8, 4) is 0 Å². The molecule has 0 saturated carbocycles. The highest BCUT2D eigenvalue weighted by atomic mass is 14.7. The van der Waals surface area contributed by atoms with Gasteiger partial charge in [-0.3, -0.25) is 4.98 Å². The summed E-state index contributed by atoms with van der Waals surface area (Å²) in [6.45, 7) is 0. The average Bonchev–Trinajstić information content (AvgIpc) is 2.19. The predicted molar refractivity (Wildman–Crippen MR) is 57.9 cm³/mol. The van der Waals surface area contributed by atoms with Crippen LogP contribution in [0.4, 0.5) is 5.69 Å². The minimum Gasteiger partial charge on any atom is -0.399 e. The molecule has 0 saturated heterocycles. The first-order chi connectivity index (χ1) is 6.84. The first kappa shape index (κ1) is 8.75. The lowest BCUT2D eigenvalue weighted by atomic mass is 10.1. The lowest BCUT2D eigenvalue weighted by molar-refractivity contribution is 1.08. The van der Waals surface area contributed by atoms with Crippen molar-refractivity contribution in [2.75, 3.05) is 5.73 Å². The van der Waals surface area contributed by atoms with E-state index in [4.69, 9.17) is 5.73 Å². The number of rotatable bonds is 2. The van der Waals surface area contributed by atoms with Gasteiger partial charge in [0.15, 0.2) is 0 Å². The molecule has 2 rings (SSSR count). The van der Waals surface area contributed by atoms with Crippen LogP contribution in [-0.4, -0.2) is 4.98 Å². The van der Waals surface area contributed by atoms with E-state index in [-0.39, 0.29) is 0 Å². The van der Waals surface area contributed by atoms with Crippen molar-refractivity contribution >= 4 is 5.69 Å². The van der Waals surface area contributed by atoms with E-state index >= 15 is 0 Å². The third-order valence-electron chi connectivity index (χ3n) is 2.07. The maximum atomic E-state index is 5.67. The van der Waals surface area contributed by atoms with Gasteiger partial charge in [-0.15, -0.1) is 0 Å². The van der Waals surface area contributed by atoms with Crippen molar-refractivity contribution in [2.45, 2.75) is 6.42 Å². The maximum Gasteiger partial charge on any atom is 0.0467 e. The van der Waals surface area contributed by atoms with Crippen LogP contribution in [0.2, 0.25) is 0 Å². The summed E-state index contributed by atoms with van der Waals surface area (Å²) >= 11 is 0. The quantitative estimate of drug-likeness (QED) is 0.777. The summed E-state index contributed by atoms with van der Waals surface area (Å²) in [6, 6.07) is 14.0. The Bertz CT molecular complexity index is 410. The Hall–Kier alpha value is -1.83. The van der Waals surface area contributed by atoms with E-state index < -0.39 is 0 Å². The van der Waals surface area contributed by atoms with Gasteiger partial charge in [-0.1, -0.05) is 30.3 Å². The monoisotopic (exact) mass is 184 g/mol. The normalized spacial score (nSPS) is 10.0. The zero-order valence-electron chi connectivity index (χ0n) is 7.85. The van der Waals surface area contributed by atoms with E-state index in [0.29, 0.717) is 0 Å². The van der Waals surface area contributed by atoms with E-state index in [1.165, 1.54) is 5.56 Å². The Morgan fingerprint density at radius 3 is 2.57 bits per heavy atom. The van der Waals surface area contributed by atoms with Crippen LogP contribution >= 0.6 is 0 Å². The molecule has 0 aliphatic heterocycles. The van der Waals surface area contributed by atoms with Gasteiger partial charge < -0.3 is 5.73 Å². The van der Waals surface area contributed by atoms with Crippen molar-refractivity contribution < 1.29 is 0 Å². The minimum absolute atomic E-state index is 0.769. The van der Waals surface area contributed by atoms with Gasteiger partial charge in [-0.25, -0.2) is 0 Å². The predicted octanol–water partition coefficient (Wildman–Crippen LogP) is 2.25. The van der Waals surface area contributed by atoms with Gasteiger partial charge in [0.1, 0.15) is 0 Å². The molecule has 0 aliphatic rings. The molecule has 2 heteroatoms. The number of nitrogens with zero attached hydrogens (tertiary/aromatic N) is 1. The van der Waals surface area contributed by atoms with Gasteiger partial charge in [0.05, 0.1) is 0 Å². The van der Waals surface area contributed by atoms with Crippen LogP contribution in [0.25, 0.3) is 0 Å². The first-order valence-electron chi connectivity index (χ1n) is 4.59. The Morgan fingerprint density at radius 1 is 1.07 bits per heavy atom. The highest BCUT2D eigenvalue weighted by Gasteiger charge is 1.96. The highest BCUT2D eigenvalue weighted by Crippen LogP contribution is 2.09. The van der Waals surface area contributed by atoms with Crippen LogP contribution in [0.5, 0.6) is 0 Å². The lowest BCUT2D eigenvalue weighted by Gasteiger charge is -2.01. The molecule has 0 atom stereocenters. The van der Waals surface area contributed by atoms with Crippen LogP contribution in [-0.2, 0) is 6.42 Å². The molecular weight excluding hydrogens is 172 g/mol. The third kappa shape index (κ3) is 2.10. The smallest absolute Gasteiger partial charge is 0.0467 e. The van der Waals surface area contributed by atoms with Gasteiger partial charge in [0.25, 0.3) is 0 Å². The number of hydrogen-bond donors (Lipinski definition) is 1. The number of anilines is 1. The van der Waals surface area contributed by atoms with Gasteiger partial charge in [-0.05, 0) is 17.7 Å². The molecule has 0 aliphatic carbocycles. The van der Waals surface area contributed by atoms with E-state index in [0.717, 1.165) is 17.8 Å². The zero-order chi connectivity index (χ0) is 9.80. The van der Waals surface area contributed by atoms with E-state index in [9.17, 15) is 0 Å². The number of pyridine rings is 1. The minimum atomic E-state index is 0.769. The molecule has 1 aromatic heterocycles. The number of nitrogens with two attached hydrogens (primary N) is 1. The van der Waals surface area contributed by atoms with Gasteiger partial charge in [0.2, 0.25) is 0 Å². The number of benzene rings is 1. The first-order valence-corrected chi connectivity index (χ1v) is 4.59. The van der Waals surface area contributed by atoms with E-state index in [1.807, 2.05) is 24.3 Å². The maximum absolute atomic E-state index is 5.67. The Balaban J connectivity index is 2.19. The van der Waals surface area contributed by atoms with Crippen LogP contribution in [0.1, 0.15) is 11.3 Å². The second-order valence-electron chi connectivity index (χ2n) is 3.24. The molecule has 0 radical (unpaired) electrons. The standard InChI is InChI=1S/C12H12N2/c13-11-6-7-14-12(9-11)8-10-4-2-1-3-5-10/h1-7,9H,8H2,(H2,13,14). The highest BCUT2D eigenvalue weighted by molar-refractivity contribution is 5.38. The zero-order valence-corrected chi connectivity index (χ0v) is 7.85. The number of hydrogen-bond acceptors (Lipinski definition) is 2. The lowest BCUT2D eigenvalue weighted by Crippen LogP contribution is -1.93. The van der Waals surface area contributed by atoms with Crippen molar-refractivity contribution in [3.63, 3.8) is 0 Å². The van der Waals surface area contributed by atoms with E-state index in [2.05, 4.69) is 17.1 Å². The molecule has 2 nitrogen and oxygen atoms in total. The Kier molecular flexibility index (Phi) is 2.45. The molecule has 70 valence electrons. The fourth-order valence-electron chi connectivity index (χ4n) is 1.40. The van der Waals surface area contributed by atoms with Gasteiger partial charge in [-0.2, -0.15) is 0 Å². The molecule has 1 heterocycles. The Labute approximate surface area is 83.4 Å². The number of nitrogen functional groups attached to an aromatic ring is 1. The molecule has 14 heavy (non-hydrogen) atoms. The largest absolute Gasteiger partial charge is 0.399 e. The molecule has 0 spiro atoms. The molecule has 0 amide bonds. The van der Waals surface area contributed by atoms with Crippen LogP contribution in [0, 0.1) is 0 Å². The van der Waals surface area contributed by atoms with Crippen LogP contribution < -0.4 is 5.73 Å². The molecule has 2 N–H and O–H groups in total. The molecule has 0 fully saturated rings. The second kappa shape index (κ2) is 3.92. The summed E-state index contributed by atoms with van der Waals surface area (Å²) < 4.78 is 0. The molecule has 0 bridgehead atoms. The summed E-state index contributed by atoms with van der Waals surface area (Å²) in [5, 5.41) is 0. The van der Waals surface area contributed by atoms with E-state index in [1.54, 1.807) is 12.3 Å². The summed E-state index contributed by atoms with van der Waals surface area (Å²) in [4.78, 5) is 4.25. The number of aromatic nitrogens is 1. The van der Waals surface area contributed by atoms with Crippen LogP contribution in [0.15, 0.2) is 48.7 Å². The summed E-state index contributed by atoms with van der Waals surface area (Å²) in [6.07, 6.45) is 2.58.